The number of carbonyl (C=O) groups excluding carboxylic acids is 1. The molecule has 2 rings (SSSR count). The first-order chi connectivity index (χ1) is 10.1. The molecule has 2 aromatic rings. The van der Waals surface area contributed by atoms with Crippen LogP contribution in [-0.4, -0.2) is 28.6 Å². The minimum absolute atomic E-state index is 0.133. The van der Waals surface area contributed by atoms with E-state index in [1.54, 1.807) is 23.9 Å². The second-order valence-electron chi connectivity index (χ2n) is 4.77. The molecule has 0 saturated carbocycles. The molecule has 2 N–H and O–H groups in total. The summed E-state index contributed by atoms with van der Waals surface area (Å²) in [6, 6.07) is 11.4. The van der Waals surface area contributed by atoms with Crippen LogP contribution in [-0.2, 0) is 24.2 Å². The van der Waals surface area contributed by atoms with Crippen LogP contribution in [0.3, 0.4) is 0 Å². The summed E-state index contributed by atoms with van der Waals surface area (Å²) in [5, 5.41) is 11.8. The second-order valence-corrected chi connectivity index (χ2v) is 4.77. The highest BCUT2D eigenvalue weighted by Crippen LogP contribution is 2.15. The molecule has 0 bridgehead atoms. The topological polar surface area (TPSA) is 71.3 Å². The quantitative estimate of drug-likeness (QED) is 0.849. The Morgan fingerprint density at radius 3 is 2.48 bits per heavy atom. The summed E-state index contributed by atoms with van der Waals surface area (Å²) in [6.45, 7) is 0.133. The summed E-state index contributed by atoms with van der Waals surface area (Å²) < 4.78 is 1.70. The van der Waals surface area contributed by atoms with Crippen LogP contribution in [0, 0.1) is 0 Å². The number of carboxylic acids is 1. The monoisotopic (exact) mass is 286 g/mol. The van der Waals surface area contributed by atoms with Gasteiger partial charge in [-0.2, -0.15) is 0 Å². The van der Waals surface area contributed by atoms with Gasteiger partial charge in [0.2, 0.25) is 5.91 Å². The first-order valence-corrected chi connectivity index (χ1v) is 6.77. The molecule has 5 nitrogen and oxygen atoms in total. The van der Waals surface area contributed by atoms with Crippen LogP contribution in [0.4, 0.5) is 0 Å². The Kier molecular flexibility index (Phi) is 4.77. The van der Waals surface area contributed by atoms with Gasteiger partial charge in [0.25, 0.3) is 0 Å². The highest BCUT2D eigenvalue weighted by atomic mass is 16.4. The molecule has 0 atom stereocenters. The lowest BCUT2D eigenvalue weighted by Crippen LogP contribution is -2.24. The van der Waals surface area contributed by atoms with Crippen LogP contribution in [0.1, 0.15) is 21.6 Å². The maximum absolute atomic E-state index is 11.5. The molecule has 1 aromatic carbocycles. The molecule has 0 aliphatic rings. The number of aromatic nitrogens is 1. The van der Waals surface area contributed by atoms with Crippen molar-refractivity contribution in [3.8, 4) is 0 Å². The molecule has 1 aromatic heterocycles. The Morgan fingerprint density at radius 1 is 1.14 bits per heavy atom. The molecule has 1 heterocycles. The highest BCUT2D eigenvalue weighted by Gasteiger charge is 2.16. The number of likely N-dealkylation sites (N-methyl/N-ethyl adjacent to an activating group) is 1. The average Bonchev–Trinajstić information content (AvgIpc) is 2.89. The van der Waals surface area contributed by atoms with Gasteiger partial charge in [-0.25, -0.2) is 4.79 Å². The molecule has 0 fully saturated rings. The van der Waals surface area contributed by atoms with E-state index in [9.17, 15) is 14.7 Å². The molecule has 0 radical (unpaired) electrons. The fourth-order valence-corrected chi connectivity index (χ4v) is 2.27. The zero-order chi connectivity index (χ0) is 15.2. The second kappa shape index (κ2) is 6.74. The third-order valence-electron chi connectivity index (χ3n) is 3.40. The number of aryl methyl sites for hydroxylation is 1. The van der Waals surface area contributed by atoms with E-state index in [2.05, 4.69) is 5.32 Å². The van der Waals surface area contributed by atoms with Gasteiger partial charge in [-0.05, 0) is 24.5 Å². The summed E-state index contributed by atoms with van der Waals surface area (Å²) in [5.41, 5.74) is 2.08. The molecule has 21 heavy (non-hydrogen) atoms. The number of carbonyl (C=O) groups is 2. The first-order valence-electron chi connectivity index (χ1n) is 6.77. The molecular formula is C16H18N2O3. The van der Waals surface area contributed by atoms with E-state index in [4.69, 9.17) is 0 Å². The number of nitrogens with zero attached hydrogens (tertiary/aromatic N) is 1. The number of benzene rings is 1. The number of hydrogen-bond acceptors (Lipinski definition) is 2. The van der Waals surface area contributed by atoms with Crippen LogP contribution in [0.2, 0.25) is 0 Å². The summed E-state index contributed by atoms with van der Waals surface area (Å²) in [6.07, 6.45) is 2.97. The van der Waals surface area contributed by atoms with Crippen molar-refractivity contribution in [2.75, 3.05) is 7.05 Å². The molecule has 5 heteroatoms. The van der Waals surface area contributed by atoms with Crippen LogP contribution in [0.25, 0.3) is 0 Å². The van der Waals surface area contributed by atoms with Crippen molar-refractivity contribution >= 4 is 11.9 Å². The third kappa shape index (κ3) is 3.72. The fraction of sp³-hybridized carbons (Fsp3) is 0.250. The van der Waals surface area contributed by atoms with Gasteiger partial charge in [-0.15, -0.1) is 0 Å². The number of carboxylic acid groups (broad SMARTS) is 1. The van der Waals surface area contributed by atoms with Gasteiger partial charge < -0.3 is 15.0 Å². The summed E-state index contributed by atoms with van der Waals surface area (Å²) >= 11 is 0. The smallest absolute Gasteiger partial charge is 0.337 e. The Hall–Kier alpha value is -2.56. The van der Waals surface area contributed by atoms with Gasteiger partial charge >= 0.3 is 5.97 Å². The number of aromatic carboxylic acids is 1. The zero-order valence-electron chi connectivity index (χ0n) is 11.9. The van der Waals surface area contributed by atoms with Crippen molar-refractivity contribution in [2.45, 2.75) is 19.4 Å². The number of rotatable bonds is 6. The van der Waals surface area contributed by atoms with Gasteiger partial charge in [0, 0.05) is 18.9 Å². The fourth-order valence-electron chi connectivity index (χ4n) is 2.27. The van der Waals surface area contributed by atoms with E-state index >= 15 is 0 Å². The van der Waals surface area contributed by atoms with Crippen LogP contribution in [0.5, 0.6) is 0 Å². The summed E-state index contributed by atoms with van der Waals surface area (Å²) in [4.78, 5) is 22.8. The van der Waals surface area contributed by atoms with Crippen molar-refractivity contribution in [1.29, 1.82) is 0 Å². The zero-order valence-corrected chi connectivity index (χ0v) is 11.9. The average molecular weight is 286 g/mol. The lowest BCUT2D eigenvalue weighted by atomic mass is 10.1. The molecule has 1 amide bonds. The highest BCUT2D eigenvalue weighted by molar-refractivity contribution is 5.89. The first kappa shape index (κ1) is 14.8. The molecule has 0 aliphatic heterocycles. The van der Waals surface area contributed by atoms with Gasteiger partial charge in [0.05, 0.1) is 5.56 Å². The van der Waals surface area contributed by atoms with E-state index in [1.165, 1.54) is 0 Å². The predicted octanol–water partition coefficient (Wildman–Crippen LogP) is 1.72. The minimum atomic E-state index is -0.964. The third-order valence-corrected chi connectivity index (χ3v) is 3.40. The van der Waals surface area contributed by atoms with Crippen LogP contribution >= 0.6 is 0 Å². The van der Waals surface area contributed by atoms with E-state index in [1.807, 2.05) is 30.3 Å². The SMILES string of the molecule is CNC(=O)Cn1ccc(C(=O)O)c1CCc1ccccc1. The Bertz CT molecular complexity index is 632. The van der Waals surface area contributed by atoms with Crippen molar-refractivity contribution in [1.82, 2.24) is 9.88 Å². The normalized spacial score (nSPS) is 10.3. The Morgan fingerprint density at radius 2 is 1.86 bits per heavy atom. The Labute approximate surface area is 123 Å². The lowest BCUT2D eigenvalue weighted by Gasteiger charge is -2.10. The van der Waals surface area contributed by atoms with Gasteiger partial charge in [0.1, 0.15) is 6.54 Å². The number of hydrogen-bond donors (Lipinski definition) is 2. The lowest BCUT2D eigenvalue weighted by molar-refractivity contribution is -0.121. The van der Waals surface area contributed by atoms with Gasteiger partial charge in [-0.3, -0.25) is 4.79 Å². The summed E-state index contributed by atoms with van der Waals surface area (Å²) in [7, 11) is 1.56. The van der Waals surface area contributed by atoms with Crippen LogP contribution < -0.4 is 5.32 Å². The number of nitrogens with one attached hydrogen (secondary N) is 1. The molecule has 0 aliphatic carbocycles. The Balaban J connectivity index is 2.20. The largest absolute Gasteiger partial charge is 0.478 e. The van der Waals surface area contributed by atoms with Gasteiger partial charge in [0.15, 0.2) is 0 Å². The standard InChI is InChI=1S/C16H18N2O3/c1-17-15(19)11-18-10-9-13(16(20)21)14(18)8-7-12-5-3-2-4-6-12/h2-6,9-10H,7-8,11H2,1H3,(H,17,19)(H,20,21). The van der Waals surface area contributed by atoms with Crippen molar-refractivity contribution in [2.24, 2.45) is 0 Å². The summed E-state index contributed by atoms with van der Waals surface area (Å²) in [5.74, 6) is -1.11. The molecular weight excluding hydrogens is 268 g/mol. The van der Waals surface area contributed by atoms with E-state index in [-0.39, 0.29) is 18.0 Å². The molecule has 0 unspecified atom stereocenters. The predicted molar refractivity (Wildman–Crippen MR) is 79.3 cm³/mol. The minimum Gasteiger partial charge on any atom is -0.478 e. The van der Waals surface area contributed by atoms with E-state index in [0.29, 0.717) is 12.1 Å². The maximum Gasteiger partial charge on any atom is 0.337 e. The van der Waals surface area contributed by atoms with E-state index < -0.39 is 5.97 Å². The van der Waals surface area contributed by atoms with Crippen molar-refractivity contribution in [3.63, 3.8) is 0 Å². The molecule has 110 valence electrons. The van der Waals surface area contributed by atoms with Gasteiger partial charge in [-0.1, -0.05) is 30.3 Å². The number of amides is 1. The van der Waals surface area contributed by atoms with E-state index in [0.717, 1.165) is 12.0 Å². The molecule has 0 saturated heterocycles. The van der Waals surface area contributed by atoms with Crippen LogP contribution in [0.15, 0.2) is 42.6 Å². The van der Waals surface area contributed by atoms with Crippen molar-refractivity contribution in [3.05, 3.63) is 59.4 Å². The van der Waals surface area contributed by atoms with Crippen molar-refractivity contribution < 1.29 is 14.7 Å². The molecule has 0 spiro atoms. The maximum atomic E-state index is 11.5.